The number of nitrogens with zero attached hydrogens (tertiary/aromatic N) is 1. The third-order valence-electron chi connectivity index (χ3n) is 4.59. The van der Waals surface area contributed by atoms with Gasteiger partial charge < -0.3 is 14.8 Å². The summed E-state index contributed by atoms with van der Waals surface area (Å²) in [5, 5.41) is 8.04. The molecule has 2 N–H and O–H groups in total. The molecule has 8 heteroatoms. The number of amides is 2. The number of para-hydroxylation sites is 2. The lowest BCUT2D eigenvalue weighted by atomic mass is 10.1. The Morgan fingerprint density at radius 1 is 1.10 bits per heavy atom. The first-order chi connectivity index (χ1) is 15.0. The van der Waals surface area contributed by atoms with Gasteiger partial charge in [-0.2, -0.15) is 0 Å². The first-order valence-corrected chi connectivity index (χ1v) is 10.9. The average Bonchev–Trinajstić information content (AvgIpc) is 3.21. The summed E-state index contributed by atoms with van der Waals surface area (Å²) in [7, 11) is 0. The van der Waals surface area contributed by atoms with E-state index in [9.17, 15) is 9.59 Å². The van der Waals surface area contributed by atoms with E-state index in [2.05, 4.69) is 15.6 Å². The quantitative estimate of drug-likeness (QED) is 0.590. The highest BCUT2D eigenvalue weighted by atomic mass is 32.1. The van der Waals surface area contributed by atoms with Gasteiger partial charge in [-0.25, -0.2) is 4.98 Å². The lowest BCUT2D eigenvalue weighted by Gasteiger charge is -2.25. The van der Waals surface area contributed by atoms with Crippen LogP contribution >= 0.6 is 11.3 Å². The fraction of sp³-hybridized carbons (Fsp3) is 0.261. The third kappa shape index (κ3) is 5.21. The van der Waals surface area contributed by atoms with E-state index in [-0.39, 0.29) is 18.4 Å². The molecule has 2 heterocycles. The monoisotopic (exact) mass is 437 g/mol. The van der Waals surface area contributed by atoms with Crippen LogP contribution in [0.15, 0.2) is 53.9 Å². The summed E-state index contributed by atoms with van der Waals surface area (Å²) in [6, 6.07) is 14.7. The molecule has 0 bridgehead atoms. The number of nitrogens with one attached hydrogen (secondary N) is 2. The topological polar surface area (TPSA) is 89.6 Å². The van der Waals surface area contributed by atoms with Gasteiger partial charge in [-0.3, -0.25) is 14.9 Å². The molecule has 2 amide bonds. The summed E-state index contributed by atoms with van der Waals surface area (Å²) in [5.74, 6) is 1.18. The summed E-state index contributed by atoms with van der Waals surface area (Å²) < 4.78 is 11.3. The van der Waals surface area contributed by atoms with E-state index in [1.807, 2.05) is 55.6 Å². The van der Waals surface area contributed by atoms with Gasteiger partial charge in [0, 0.05) is 23.1 Å². The zero-order valence-electron chi connectivity index (χ0n) is 17.3. The number of thiazole rings is 1. The number of ether oxygens (including phenoxy) is 2. The minimum absolute atomic E-state index is 0.00191. The molecular formula is C23H23N3O4S. The Bertz CT molecular complexity index is 1080. The molecule has 2 aromatic carbocycles. The van der Waals surface area contributed by atoms with Crippen LogP contribution in [0, 0.1) is 5.92 Å². The van der Waals surface area contributed by atoms with Crippen molar-refractivity contribution < 1.29 is 19.1 Å². The maximum Gasteiger partial charge on any atom is 0.270 e. The predicted molar refractivity (Wildman–Crippen MR) is 121 cm³/mol. The van der Waals surface area contributed by atoms with Crippen molar-refractivity contribution in [1.82, 2.24) is 4.98 Å². The molecule has 0 radical (unpaired) electrons. The van der Waals surface area contributed by atoms with Crippen LogP contribution in [0.4, 0.5) is 10.8 Å². The van der Waals surface area contributed by atoms with Gasteiger partial charge in [0.1, 0.15) is 6.61 Å². The van der Waals surface area contributed by atoms with E-state index in [0.717, 1.165) is 16.9 Å². The maximum absolute atomic E-state index is 12.6. The number of hydrogen-bond acceptors (Lipinski definition) is 6. The number of anilines is 2. The van der Waals surface area contributed by atoms with Crippen LogP contribution in [-0.4, -0.2) is 29.5 Å². The van der Waals surface area contributed by atoms with Gasteiger partial charge in [0.2, 0.25) is 12.0 Å². The van der Waals surface area contributed by atoms with E-state index in [1.165, 1.54) is 11.3 Å². The molecule has 1 aliphatic heterocycles. The number of carbonyl (C=O) groups excluding carboxylic acids is 2. The van der Waals surface area contributed by atoms with Crippen LogP contribution in [0.3, 0.4) is 0 Å². The maximum atomic E-state index is 12.6. The van der Waals surface area contributed by atoms with Crippen molar-refractivity contribution >= 4 is 34.0 Å². The minimum atomic E-state index is -0.740. The van der Waals surface area contributed by atoms with Gasteiger partial charge in [-0.1, -0.05) is 38.1 Å². The highest BCUT2D eigenvalue weighted by molar-refractivity contribution is 7.14. The molecule has 1 atom stereocenters. The van der Waals surface area contributed by atoms with Crippen LogP contribution in [-0.2, 0) is 9.59 Å². The summed E-state index contributed by atoms with van der Waals surface area (Å²) in [5.41, 5.74) is 2.38. The molecule has 160 valence electrons. The number of aromatic nitrogens is 1. The first-order valence-electron chi connectivity index (χ1n) is 10.0. The molecular weight excluding hydrogens is 414 g/mol. The van der Waals surface area contributed by atoms with Crippen molar-refractivity contribution in [2.45, 2.75) is 26.4 Å². The Morgan fingerprint density at radius 2 is 1.84 bits per heavy atom. The molecule has 0 spiro atoms. The molecule has 0 fully saturated rings. The van der Waals surface area contributed by atoms with E-state index >= 15 is 0 Å². The van der Waals surface area contributed by atoms with Crippen LogP contribution in [0.1, 0.15) is 20.3 Å². The van der Waals surface area contributed by atoms with Gasteiger partial charge in [-0.15, -0.1) is 11.3 Å². The Balaban J connectivity index is 1.36. The molecule has 0 saturated carbocycles. The van der Waals surface area contributed by atoms with Crippen molar-refractivity contribution in [2.75, 3.05) is 17.2 Å². The standard InChI is InChI=1S/C23H23N3O4S/c1-14(2)11-21(27)24-16-9-7-15(8-10-16)17-13-31-23(25-17)26-22(28)20-12-29-18-5-3-4-6-19(18)30-20/h3-10,13-14,20H,11-12H2,1-2H3,(H,24,27)(H,25,26,28). The number of fused-ring (bicyclic) bond motifs is 1. The molecule has 31 heavy (non-hydrogen) atoms. The summed E-state index contributed by atoms with van der Waals surface area (Å²) in [6.07, 6.45) is -0.255. The van der Waals surface area contributed by atoms with E-state index in [1.54, 1.807) is 12.1 Å². The normalized spacial score (nSPS) is 14.9. The van der Waals surface area contributed by atoms with E-state index in [4.69, 9.17) is 9.47 Å². The van der Waals surface area contributed by atoms with Gasteiger partial charge in [0.15, 0.2) is 16.6 Å². The Hall–Kier alpha value is -3.39. The SMILES string of the molecule is CC(C)CC(=O)Nc1ccc(-c2csc(NC(=O)C3COc4ccccc4O3)n2)cc1. The molecule has 1 aliphatic rings. The molecule has 7 nitrogen and oxygen atoms in total. The second-order valence-electron chi connectivity index (χ2n) is 7.61. The van der Waals surface area contributed by atoms with Crippen LogP contribution in [0.2, 0.25) is 0 Å². The Labute approximate surface area is 184 Å². The van der Waals surface area contributed by atoms with E-state index in [0.29, 0.717) is 29.0 Å². The molecule has 1 aromatic heterocycles. The average molecular weight is 438 g/mol. The fourth-order valence-electron chi connectivity index (χ4n) is 3.11. The summed E-state index contributed by atoms with van der Waals surface area (Å²) in [6.45, 7) is 4.16. The van der Waals surface area contributed by atoms with Crippen molar-refractivity contribution in [3.63, 3.8) is 0 Å². The molecule has 4 rings (SSSR count). The minimum Gasteiger partial charge on any atom is -0.485 e. The van der Waals surface area contributed by atoms with Crippen molar-refractivity contribution in [2.24, 2.45) is 5.92 Å². The number of hydrogen-bond donors (Lipinski definition) is 2. The zero-order chi connectivity index (χ0) is 21.8. The molecule has 3 aromatic rings. The largest absolute Gasteiger partial charge is 0.485 e. The summed E-state index contributed by atoms with van der Waals surface area (Å²) >= 11 is 1.33. The van der Waals surface area contributed by atoms with Gasteiger partial charge in [-0.05, 0) is 30.2 Å². The third-order valence-corrected chi connectivity index (χ3v) is 5.35. The van der Waals surface area contributed by atoms with Crippen LogP contribution in [0.25, 0.3) is 11.3 Å². The van der Waals surface area contributed by atoms with Crippen molar-refractivity contribution in [3.05, 3.63) is 53.9 Å². The Kier molecular flexibility index (Phi) is 6.18. The highest BCUT2D eigenvalue weighted by Gasteiger charge is 2.27. The van der Waals surface area contributed by atoms with Crippen LogP contribution < -0.4 is 20.1 Å². The Morgan fingerprint density at radius 3 is 2.58 bits per heavy atom. The summed E-state index contributed by atoms with van der Waals surface area (Å²) in [4.78, 5) is 29.0. The number of carbonyl (C=O) groups is 2. The number of rotatable bonds is 6. The van der Waals surface area contributed by atoms with Crippen molar-refractivity contribution in [1.29, 1.82) is 0 Å². The fourth-order valence-corrected chi connectivity index (χ4v) is 3.83. The second kappa shape index (κ2) is 9.18. The number of benzene rings is 2. The molecule has 1 unspecified atom stereocenters. The van der Waals surface area contributed by atoms with Gasteiger partial charge >= 0.3 is 0 Å². The zero-order valence-corrected chi connectivity index (χ0v) is 18.1. The smallest absolute Gasteiger partial charge is 0.270 e. The lowest BCUT2D eigenvalue weighted by Crippen LogP contribution is -2.40. The molecule has 0 saturated heterocycles. The van der Waals surface area contributed by atoms with Gasteiger partial charge in [0.05, 0.1) is 5.69 Å². The van der Waals surface area contributed by atoms with Crippen LogP contribution in [0.5, 0.6) is 11.5 Å². The predicted octanol–water partition coefficient (Wildman–Crippen LogP) is 4.57. The van der Waals surface area contributed by atoms with Gasteiger partial charge in [0.25, 0.3) is 5.91 Å². The first kappa shape index (κ1) is 20.9. The molecule has 0 aliphatic carbocycles. The highest BCUT2D eigenvalue weighted by Crippen LogP contribution is 2.31. The second-order valence-corrected chi connectivity index (χ2v) is 8.47. The van der Waals surface area contributed by atoms with Crippen molar-refractivity contribution in [3.8, 4) is 22.8 Å². The van der Waals surface area contributed by atoms with E-state index < -0.39 is 6.10 Å². The lowest BCUT2D eigenvalue weighted by molar-refractivity contribution is -0.125.